The standard InChI is InChI=1S/C12H21NO4S/c1-9(18)5-6-10(14)12(17,7-11(15)16)8-13(2,3)4/h17H,5-8H2,1-4H3/p+1. The second-order valence-electron chi connectivity index (χ2n) is 5.68. The number of carbonyl (C=O) groups is 2. The normalized spacial score (nSPS) is 14.9. The van der Waals surface area contributed by atoms with Crippen molar-refractivity contribution < 1.29 is 24.3 Å². The average molecular weight is 276 g/mol. The van der Waals surface area contributed by atoms with E-state index in [9.17, 15) is 14.7 Å². The molecule has 0 saturated heterocycles. The summed E-state index contributed by atoms with van der Waals surface area (Å²) in [7, 11) is 5.39. The van der Waals surface area contributed by atoms with Gasteiger partial charge in [0.1, 0.15) is 6.54 Å². The smallest absolute Gasteiger partial charge is 0.306 e. The van der Waals surface area contributed by atoms with Crippen LogP contribution in [0.15, 0.2) is 0 Å². The predicted molar refractivity (Wildman–Crippen MR) is 72.6 cm³/mol. The maximum absolute atomic E-state index is 12.0. The zero-order valence-corrected chi connectivity index (χ0v) is 12.2. The lowest BCUT2D eigenvalue weighted by Gasteiger charge is -2.33. The summed E-state index contributed by atoms with van der Waals surface area (Å²) in [6.07, 6.45) is -0.0931. The summed E-state index contributed by atoms with van der Waals surface area (Å²) in [5, 5.41) is 19.1. The Balaban J connectivity index is 4.90. The number of thiocarbonyl (C=S) groups is 1. The second kappa shape index (κ2) is 6.36. The largest absolute Gasteiger partial charge is 0.481 e. The molecule has 0 aliphatic heterocycles. The minimum atomic E-state index is -1.82. The number of likely N-dealkylation sites (N-methyl/N-ethyl adjacent to an activating group) is 1. The molecule has 0 amide bonds. The van der Waals surface area contributed by atoms with Crippen molar-refractivity contribution >= 4 is 28.8 Å². The molecule has 0 fully saturated rings. The molecule has 0 spiro atoms. The van der Waals surface area contributed by atoms with Gasteiger partial charge in [-0.05, 0) is 18.2 Å². The Kier molecular flexibility index (Phi) is 6.06. The molecule has 0 aromatic heterocycles. The lowest BCUT2D eigenvalue weighted by molar-refractivity contribution is -0.875. The third kappa shape index (κ3) is 6.78. The third-order valence-electron chi connectivity index (χ3n) is 2.40. The van der Waals surface area contributed by atoms with E-state index in [4.69, 9.17) is 17.3 Å². The van der Waals surface area contributed by atoms with E-state index in [1.54, 1.807) is 28.1 Å². The highest BCUT2D eigenvalue weighted by Gasteiger charge is 2.42. The van der Waals surface area contributed by atoms with Crippen molar-refractivity contribution in [2.24, 2.45) is 0 Å². The SMILES string of the molecule is CC(=S)CCC(=O)C(O)(CC(=O)O)C[N+](C)(C)C. The summed E-state index contributed by atoms with van der Waals surface area (Å²) in [6, 6.07) is 0. The molecule has 5 nitrogen and oxygen atoms in total. The molecule has 0 bridgehead atoms. The van der Waals surface area contributed by atoms with Crippen molar-refractivity contribution in [1.29, 1.82) is 0 Å². The van der Waals surface area contributed by atoms with Crippen LogP contribution in [0.5, 0.6) is 0 Å². The number of carboxylic acid groups (broad SMARTS) is 1. The molecule has 1 unspecified atom stereocenters. The van der Waals surface area contributed by atoms with Gasteiger partial charge in [-0.15, -0.1) is 0 Å². The molecular weight excluding hydrogens is 254 g/mol. The number of hydrogen-bond acceptors (Lipinski definition) is 4. The van der Waals surface area contributed by atoms with Crippen LogP contribution in [0.2, 0.25) is 0 Å². The minimum Gasteiger partial charge on any atom is -0.481 e. The van der Waals surface area contributed by atoms with E-state index in [0.29, 0.717) is 15.8 Å². The summed E-state index contributed by atoms with van der Waals surface area (Å²) in [4.78, 5) is 23.5. The number of aliphatic carboxylic acids is 1. The summed E-state index contributed by atoms with van der Waals surface area (Å²) < 4.78 is 0.312. The molecule has 0 aliphatic rings. The van der Waals surface area contributed by atoms with Crippen molar-refractivity contribution in [1.82, 2.24) is 0 Å². The van der Waals surface area contributed by atoms with Crippen LogP contribution in [0.25, 0.3) is 0 Å². The average Bonchev–Trinajstić information content (AvgIpc) is 2.09. The molecule has 104 valence electrons. The van der Waals surface area contributed by atoms with E-state index in [2.05, 4.69) is 0 Å². The highest BCUT2D eigenvalue weighted by molar-refractivity contribution is 7.80. The minimum absolute atomic E-state index is 0.0641. The van der Waals surface area contributed by atoms with E-state index >= 15 is 0 Å². The molecule has 0 saturated carbocycles. The Morgan fingerprint density at radius 3 is 2.06 bits per heavy atom. The van der Waals surface area contributed by atoms with Gasteiger partial charge >= 0.3 is 5.97 Å². The lowest BCUT2D eigenvalue weighted by atomic mass is 9.90. The van der Waals surface area contributed by atoms with E-state index in [1.807, 2.05) is 0 Å². The summed E-state index contributed by atoms with van der Waals surface area (Å²) in [5.41, 5.74) is -1.82. The van der Waals surface area contributed by atoms with Gasteiger partial charge in [-0.1, -0.05) is 12.2 Å². The van der Waals surface area contributed by atoms with E-state index in [1.165, 1.54) is 0 Å². The van der Waals surface area contributed by atoms with Crippen LogP contribution in [-0.2, 0) is 9.59 Å². The Hall–Kier alpha value is -0.850. The summed E-state index contributed by atoms with van der Waals surface area (Å²) in [6.45, 7) is 1.79. The van der Waals surface area contributed by atoms with Crippen molar-refractivity contribution in [3.63, 3.8) is 0 Å². The fourth-order valence-electron chi connectivity index (χ4n) is 1.80. The molecular formula is C12H22NO4S+. The summed E-state index contributed by atoms with van der Waals surface area (Å²) >= 11 is 4.88. The molecule has 0 aromatic rings. The van der Waals surface area contributed by atoms with Crippen LogP contribution in [-0.4, -0.2) is 64.6 Å². The molecule has 0 aromatic carbocycles. The van der Waals surface area contributed by atoms with Crippen LogP contribution in [0.1, 0.15) is 26.2 Å². The van der Waals surface area contributed by atoms with Crippen molar-refractivity contribution in [3.8, 4) is 0 Å². The summed E-state index contributed by atoms with van der Waals surface area (Å²) in [5.74, 6) is -1.64. The van der Waals surface area contributed by atoms with Gasteiger partial charge in [0.2, 0.25) is 0 Å². The fraction of sp³-hybridized carbons (Fsp3) is 0.750. The van der Waals surface area contributed by atoms with Gasteiger partial charge in [0.15, 0.2) is 11.4 Å². The molecule has 2 N–H and O–H groups in total. The number of rotatable bonds is 8. The highest BCUT2D eigenvalue weighted by atomic mass is 32.1. The zero-order chi connectivity index (χ0) is 14.6. The molecule has 0 radical (unpaired) electrons. The number of aliphatic hydroxyl groups is 1. The van der Waals surface area contributed by atoms with Gasteiger partial charge in [0, 0.05) is 6.42 Å². The Labute approximate surface area is 113 Å². The van der Waals surface area contributed by atoms with Crippen LogP contribution < -0.4 is 0 Å². The fourth-order valence-corrected chi connectivity index (χ4v) is 1.90. The van der Waals surface area contributed by atoms with Crippen LogP contribution in [0, 0.1) is 0 Å². The van der Waals surface area contributed by atoms with Gasteiger partial charge in [-0.2, -0.15) is 0 Å². The van der Waals surface area contributed by atoms with Gasteiger partial charge in [0.25, 0.3) is 0 Å². The molecule has 0 rings (SSSR count). The van der Waals surface area contributed by atoms with Crippen LogP contribution in [0.3, 0.4) is 0 Å². The van der Waals surface area contributed by atoms with Gasteiger partial charge in [0.05, 0.1) is 27.6 Å². The van der Waals surface area contributed by atoms with Gasteiger partial charge < -0.3 is 14.7 Å². The lowest BCUT2D eigenvalue weighted by Crippen LogP contribution is -2.54. The molecule has 18 heavy (non-hydrogen) atoms. The number of Topliss-reactive ketones (excluding diaryl/α,β-unsaturated/α-hetero) is 1. The van der Waals surface area contributed by atoms with Gasteiger partial charge in [-0.3, -0.25) is 9.59 Å². The molecule has 0 aliphatic carbocycles. The number of quaternary nitrogens is 1. The van der Waals surface area contributed by atoms with Crippen molar-refractivity contribution in [2.45, 2.75) is 31.8 Å². The first kappa shape index (κ1) is 17.2. The van der Waals surface area contributed by atoms with Crippen LogP contribution >= 0.6 is 12.2 Å². The first-order chi connectivity index (χ1) is 7.96. The topological polar surface area (TPSA) is 74.6 Å². The second-order valence-corrected chi connectivity index (χ2v) is 6.37. The number of hydrogen-bond donors (Lipinski definition) is 2. The van der Waals surface area contributed by atoms with E-state index in [-0.39, 0.29) is 13.0 Å². The first-order valence-corrected chi connectivity index (χ1v) is 6.14. The number of nitrogens with zero attached hydrogens (tertiary/aromatic N) is 1. The van der Waals surface area contributed by atoms with Gasteiger partial charge in [-0.25, -0.2) is 0 Å². The monoisotopic (exact) mass is 276 g/mol. The van der Waals surface area contributed by atoms with Crippen molar-refractivity contribution in [3.05, 3.63) is 0 Å². The Bertz CT molecular complexity index is 348. The Morgan fingerprint density at radius 2 is 1.72 bits per heavy atom. The number of carbonyl (C=O) groups excluding carboxylic acids is 1. The number of carboxylic acids is 1. The third-order valence-corrected chi connectivity index (χ3v) is 2.61. The van der Waals surface area contributed by atoms with Crippen molar-refractivity contribution in [2.75, 3.05) is 27.7 Å². The molecule has 6 heteroatoms. The highest BCUT2D eigenvalue weighted by Crippen LogP contribution is 2.19. The van der Waals surface area contributed by atoms with Crippen LogP contribution in [0.4, 0.5) is 0 Å². The maximum atomic E-state index is 12.0. The molecule has 0 heterocycles. The van der Waals surface area contributed by atoms with E-state index < -0.39 is 23.8 Å². The Morgan fingerprint density at radius 1 is 1.22 bits per heavy atom. The quantitative estimate of drug-likeness (QED) is 0.502. The van der Waals surface area contributed by atoms with E-state index in [0.717, 1.165) is 0 Å². The molecule has 1 atom stereocenters. The zero-order valence-electron chi connectivity index (χ0n) is 11.4. The number of ketones is 1. The maximum Gasteiger partial charge on any atom is 0.306 e. The first-order valence-electron chi connectivity index (χ1n) is 5.74. The predicted octanol–water partition coefficient (Wildman–Crippen LogP) is 0.637.